The number of ether oxygens (including phenoxy) is 7. The number of primary amides is 1. The molecule has 0 bridgehead atoms. The molecule has 2 heterocycles. The highest BCUT2D eigenvalue weighted by atomic mass is 32.2. The van der Waals surface area contributed by atoms with Crippen LogP contribution in [0.2, 0.25) is 0 Å². The molecule has 0 radical (unpaired) electrons. The highest BCUT2D eigenvalue weighted by Crippen LogP contribution is 2.42. The van der Waals surface area contributed by atoms with Gasteiger partial charge in [-0.2, -0.15) is 0 Å². The summed E-state index contributed by atoms with van der Waals surface area (Å²) < 4.78 is 70.3. The lowest BCUT2D eigenvalue weighted by Crippen LogP contribution is -2.60. The van der Waals surface area contributed by atoms with Crippen molar-refractivity contribution in [2.75, 3.05) is 39.3 Å². The maximum Gasteiger partial charge on any atom is 0.407 e. The molecule has 135 heavy (non-hydrogen) atoms. The number of guanidine groups is 1. The quantitative estimate of drug-likeness (QED) is 0.00749. The number of nitrogens with two attached hydrogens (primary N) is 2. The van der Waals surface area contributed by atoms with Crippen LogP contribution >= 0.6 is 0 Å². The Morgan fingerprint density at radius 2 is 0.815 bits per heavy atom. The van der Waals surface area contributed by atoms with Gasteiger partial charge in [-0.3, -0.25) is 67.3 Å². The van der Waals surface area contributed by atoms with E-state index in [1.807, 2.05) is 13.8 Å². The predicted octanol–water partition coefficient (Wildman–Crippen LogP) is 5.30. The largest absolute Gasteiger partial charge is 0.487 e. The number of esters is 2. The number of likely N-dealkylation sites (tertiary alicyclic amines) is 1. The van der Waals surface area contributed by atoms with Crippen LogP contribution in [0.1, 0.15) is 296 Å². The first-order chi connectivity index (χ1) is 62.2. The van der Waals surface area contributed by atoms with E-state index in [0.29, 0.717) is 47.3 Å². The first kappa shape index (κ1) is 118. The molecule has 764 valence electrons. The molecule has 0 spiro atoms. The summed E-state index contributed by atoms with van der Waals surface area (Å²) in [6.07, 6.45) is -4.44. The number of hydrogen-bond donors (Lipinski definition) is 15. The van der Waals surface area contributed by atoms with E-state index in [9.17, 15) is 66.0 Å². The van der Waals surface area contributed by atoms with E-state index < -0.39 is 231 Å². The molecule has 0 aromatic heterocycles. The third-order valence-electron chi connectivity index (χ3n) is 20.4. The Bertz CT molecular complexity index is 4440. The number of nitrogens with one attached hydrogen (secondary N) is 13. The van der Waals surface area contributed by atoms with Gasteiger partial charge in [0.1, 0.15) is 99.3 Å². The first-order valence-electron chi connectivity index (χ1n) is 46.1. The number of rotatable bonds is 49. The number of carbonyl (C=O) groups is 17. The summed E-state index contributed by atoms with van der Waals surface area (Å²) in [6, 6.07) is -14.4. The lowest BCUT2D eigenvalue weighted by atomic mass is 9.88. The molecule has 9 atom stereocenters. The summed E-state index contributed by atoms with van der Waals surface area (Å²) in [5, 5.41) is 31.3. The van der Waals surface area contributed by atoms with Gasteiger partial charge in [0.05, 0.1) is 11.3 Å². The lowest BCUT2D eigenvalue weighted by molar-refractivity contribution is -0.156. The average Bonchev–Trinajstić information content (AvgIpc) is 1.21. The minimum absolute atomic E-state index is 0.000521. The van der Waals surface area contributed by atoms with Gasteiger partial charge in [0.25, 0.3) is 15.9 Å². The molecule has 1 aromatic rings. The molecular weight excluding hydrogens is 1780 g/mol. The Morgan fingerprint density at radius 1 is 0.467 bits per heavy atom. The van der Waals surface area contributed by atoms with Crippen molar-refractivity contribution in [3.63, 3.8) is 0 Å². The Balaban J connectivity index is 2.41. The SMILES string of the molecule is Cc1c(C)c(S(=O)(=O)NC(N)=NCCC[C@H](NC(=O)[C@H](CCCCNC(=O)OC(C)(C)C)NC(=O)[C@H](CCCCNC(=O)OC(C)(C)C)NC(=O)[C@H](CCCCNC(=O)OC(C)(C)C)NC(=O)[C@@H]2CCCN2C(=O)[C@H](C)NC(=O)C=O)C(=O)N[C@@H](CCCCNC(=O)OC(C)(C)C)C(=O)N[C@@H](CCC(=O)OC(C)(C)C)C(=O)N[C@@H](CC(=O)OC(C)(C)C)C(N)=O)c(C)c2c1OC(C)(C)CC2. The van der Waals surface area contributed by atoms with E-state index in [0.717, 1.165) is 0 Å². The zero-order chi connectivity index (χ0) is 103. The minimum atomic E-state index is -4.49. The van der Waals surface area contributed by atoms with Crippen LogP contribution in [0.15, 0.2) is 9.89 Å². The molecule has 43 nitrogen and oxygen atoms in total. The Morgan fingerprint density at radius 3 is 1.18 bits per heavy atom. The molecule has 1 saturated heterocycles. The third kappa shape index (κ3) is 46.2. The summed E-state index contributed by atoms with van der Waals surface area (Å²) in [4.78, 5) is 240. The molecule has 1 aromatic carbocycles. The topological polar surface area (TPSA) is 613 Å². The van der Waals surface area contributed by atoms with Crippen molar-refractivity contribution in [1.82, 2.24) is 73.4 Å². The second kappa shape index (κ2) is 53.2. The summed E-state index contributed by atoms with van der Waals surface area (Å²) in [6.45, 7) is 39.1. The number of benzene rings is 1. The van der Waals surface area contributed by atoms with Gasteiger partial charge in [-0.15, -0.1) is 0 Å². The summed E-state index contributed by atoms with van der Waals surface area (Å²) >= 11 is 0. The number of carbonyl (C=O) groups excluding carboxylic acids is 17. The standard InChI is InChI=1S/C91H153N17O26S/c1-53-54(2)70(55(3)57-43-44-91(23,24)130-69(53)57)135(126,127)107-80(93)94-49-33-39-62(76(118)102-60(37-27-31-47-97-83(124)133-89(17,18)19)74(116)104-63(41-42-67(111)128-85(5,6)7)77(119)106-64(71(92)113)51-68(112)129-86(8,9)10)103-73(115)59(36-26-30-46-96-82(123)132-88(14,15)16)100-72(114)58(35-25-29-45-95-81(122)131-87(11,12)13)101-75(117)61(38-28-32-48-98-84(125)134-90(20,21)22)105-78(120)65-40-34-50-108(65)79(121)56(4)99-66(110)52-109/h52,56,58-65H,25-51H2,1-24H3,(H2,92,113)(H,95,122)(H,96,123)(H,97,124)(H,98,125)(H,99,110)(H,100,114)(H,101,117)(H,102,118)(H,103,115)(H,104,116)(H,105,120)(H,106,119)(H3,93,94,107)/t56-,58-,59-,60-,61-,62-,63-,64-,65-/m0/s1. The van der Waals surface area contributed by atoms with Crippen molar-refractivity contribution in [1.29, 1.82) is 0 Å². The van der Waals surface area contributed by atoms with Crippen LogP contribution in [-0.4, -0.2) is 254 Å². The maximum absolute atomic E-state index is 15.7. The average molecular weight is 1930 g/mol. The number of alkyl carbamates (subject to hydrolysis) is 4. The van der Waals surface area contributed by atoms with Gasteiger partial charge < -0.3 is 113 Å². The lowest BCUT2D eigenvalue weighted by Gasteiger charge is -2.35. The number of hydrogen-bond acceptors (Lipinski definition) is 27. The number of unbranched alkanes of at least 4 members (excludes halogenated alkanes) is 4. The Kier molecular flexibility index (Phi) is 46.4. The van der Waals surface area contributed by atoms with Crippen LogP contribution in [0.3, 0.4) is 0 Å². The van der Waals surface area contributed by atoms with Crippen LogP contribution in [0.5, 0.6) is 5.75 Å². The fraction of sp³-hybridized carbons (Fsp3) is 0.736. The van der Waals surface area contributed by atoms with E-state index in [4.69, 9.17) is 44.6 Å². The fourth-order valence-corrected chi connectivity index (χ4v) is 15.7. The van der Waals surface area contributed by atoms with E-state index in [-0.39, 0.29) is 140 Å². The molecule has 14 amide bonds. The van der Waals surface area contributed by atoms with Crippen molar-refractivity contribution in [3.8, 4) is 5.75 Å². The number of amides is 14. The highest BCUT2D eigenvalue weighted by Gasteiger charge is 2.42. The fourth-order valence-electron chi connectivity index (χ4n) is 14.2. The van der Waals surface area contributed by atoms with E-state index in [1.165, 1.54) is 11.8 Å². The van der Waals surface area contributed by atoms with E-state index in [1.54, 1.807) is 145 Å². The van der Waals surface area contributed by atoms with Gasteiger partial charge in [0.2, 0.25) is 65.4 Å². The van der Waals surface area contributed by atoms with Crippen LogP contribution in [0.4, 0.5) is 19.2 Å². The third-order valence-corrected chi connectivity index (χ3v) is 22.1. The summed E-state index contributed by atoms with van der Waals surface area (Å²) in [5.41, 5.74) is 8.03. The van der Waals surface area contributed by atoms with Gasteiger partial charge in [-0.1, -0.05) is 0 Å². The number of aldehydes is 1. The van der Waals surface area contributed by atoms with Gasteiger partial charge in [-0.25, -0.2) is 32.3 Å². The molecule has 44 heteroatoms. The minimum Gasteiger partial charge on any atom is -0.487 e. The summed E-state index contributed by atoms with van der Waals surface area (Å²) in [5.74, 6) is -12.1. The van der Waals surface area contributed by atoms with Crippen molar-refractivity contribution in [3.05, 3.63) is 22.3 Å². The van der Waals surface area contributed by atoms with E-state index in [2.05, 4.69) is 73.5 Å². The van der Waals surface area contributed by atoms with Gasteiger partial charge in [0.15, 0.2) is 0 Å². The monoisotopic (exact) mass is 1930 g/mol. The van der Waals surface area contributed by atoms with Crippen LogP contribution in [0.25, 0.3) is 0 Å². The number of sulfonamides is 1. The molecular formula is C91H153N17O26S. The molecule has 1 fully saturated rings. The van der Waals surface area contributed by atoms with Crippen molar-refractivity contribution < 1.29 is 123 Å². The maximum atomic E-state index is 15.7. The van der Waals surface area contributed by atoms with Crippen LogP contribution < -0.4 is 84.7 Å². The second-order valence-corrected chi connectivity index (χ2v) is 42.0. The second-order valence-electron chi connectivity index (χ2n) is 40.4. The molecule has 2 aliphatic rings. The van der Waals surface area contributed by atoms with Gasteiger partial charge in [0, 0.05) is 45.7 Å². The Labute approximate surface area is 793 Å². The molecule has 2 aliphatic heterocycles. The Hall–Kier alpha value is -11.4. The summed E-state index contributed by atoms with van der Waals surface area (Å²) in [7, 11) is -4.49. The van der Waals surface area contributed by atoms with Crippen molar-refractivity contribution in [2.24, 2.45) is 16.5 Å². The first-order valence-corrected chi connectivity index (χ1v) is 47.6. The van der Waals surface area contributed by atoms with E-state index >= 15 is 24.0 Å². The molecule has 17 N–H and O–H groups in total. The normalized spacial score (nSPS) is 15.8. The molecule has 0 unspecified atom stereocenters. The number of nitrogens with zero attached hydrogens (tertiary/aromatic N) is 2. The number of aliphatic imine (C=N–C) groups is 1. The zero-order valence-electron chi connectivity index (χ0n) is 83.4. The van der Waals surface area contributed by atoms with Crippen LogP contribution in [0, 0.1) is 20.8 Å². The predicted molar refractivity (Wildman–Crippen MR) is 499 cm³/mol. The van der Waals surface area contributed by atoms with Gasteiger partial charge in [-0.05, 0) is 310 Å². The smallest absolute Gasteiger partial charge is 0.407 e. The van der Waals surface area contributed by atoms with Crippen molar-refractivity contribution in [2.45, 2.75) is 399 Å². The van der Waals surface area contributed by atoms with Gasteiger partial charge >= 0.3 is 36.3 Å². The highest BCUT2D eigenvalue weighted by molar-refractivity contribution is 7.90. The number of fused-ring (bicyclic) bond motifs is 1. The van der Waals surface area contributed by atoms with Crippen molar-refractivity contribution >= 4 is 118 Å². The van der Waals surface area contributed by atoms with Crippen LogP contribution in [-0.2, 0) is 107 Å². The zero-order valence-corrected chi connectivity index (χ0v) is 84.3. The molecule has 3 rings (SSSR count). The molecule has 0 saturated carbocycles. The molecule has 0 aliphatic carbocycles.